The van der Waals surface area contributed by atoms with E-state index in [0.717, 1.165) is 48.4 Å². The van der Waals surface area contributed by atoms with E-state index >= 15 is 0 Å². The van der Waals surface area contributed by atoms with Gasteiger partial charge in [-0.3, -0.25) is 9.48 Å². The van der Waals surface area contributed by atoms with Crippen molar-refractivity contribution >= 4 is 12.1 Å². The number of benzene rings is 1. The van der Waals surface area contributed by atoms with Crippen molar-refractivity contribution in [1.29, 1.82) is 0 Å². The fourth-order valence-electron chi connectivity index (χ4n) is 4.26. The summed E-state index contributed by atoms with van der Waals surface area (Å²) in [5, 5.41) is 13.6. The van der Waals surface area contributed by atoms with Crippen molar-refractivity contribution in [1.82, 2.24) is 14.7 Å². The third kappa shape index (κ3) is 5.41. The van der Waals surface area contributed by atoms with Gasteiger partial charge in [0.25, 0.3) is 0 Å². The topological polar surface area (TPSA) is 93.9 Å². The number of carboxylic acids is 1. The standard InChI is InChI=1S/C24H31N3O5/c1-26(14-16-6-7-16)24(30)31-15-22-21(13-25-27(22)2)17-8-10-19(11-9-17)32-20-5-3-4-18(12-20)23(28)29/h8-11,13,16,18,20H,3-7,12,14-15H2,1-2H3,(H,28,29)/t18?,20-/m0/s1. The summed E-state index contributed by atoms with van der Waals surface area (Å²) < 4.78 is 13.3. The zero-order valence-electron chi connectivity index (χ0n) is 18.7. The van der Waals surface area contributed by atoms with Crippen molar-refractivity contribution in [3.05, 3.63) is 36.2 Å². The lowest BCUT2D eigenvalue weighted by atomic mass is 9.87. The van der Waals surface area contributed by atoms with Gasteiger partial charge < -0.3 is 19.5 Å². The van der Waals surface area contributed by atoms with Crippen molar-refractivity contribution in [3.8, 4) is 16.9 Å². The highest BCUT2D eigenvalue weighted by Gasteiger charge is 2.28. The van der Waals surface area contributed by atoms with E-state index in [2.05, 4.69) is 5.10 Å². The molecule has 1 N–H and O–H groups in total. The van der Waals surface area contributed by atoms with Crippen molar-refractivity contribution in [2.24, 2.45) is 18.9 Å². The lowest BCUT2D eigenvalue weighted by molar-refractivity contribution is -0.143. The van der Waals surface area contributed by atoms with E-state index in [9.17, 15) is 14.7 Å². The van der Waals surface area contributed by atoms with E-state index in [1.807, 2.05) is 31.3 Å². The third-order valence-electron chi connectivity index (χ3n) is 6.38. The van der Waals surface area contributed by atoms with Crippen molar-refractivity contribution in [2.75, 3.05) is 13.6 Å². The minimum absolute atomic E-state index is 0.0725. The molecule has 1 unspecified atom stereocenters. The van der Waals surface area contributed by atoms with Gasteiger partial charge in [0.15, 0.2) is 0 Å². The Morgan fingerprint density at radius 1 is 1.19 bits per heavy atom. The Morgan fingerprint density at radius 3 is 2.62 bits per heavy atom. The van der Waals surface area contributed by atoms with Crippen molar-refractivity contribution in [3.63, 3.8) is 0 Å². The Labute approximate surface area is 188 Å². The number of amides is 1. The van der Waals surface area contributed by atoms with Crippen LogP contribution in [0, 0.1) is 11.8 Å². The van der Waals surface area contributed by atoms with Crippen LogP contribution in [-0.4, -0.2) is 51.5 Å². The summed E-state index contributed by atoms with van der Waals surface area (Å²) in [7, 11) is 3.61. The van der Waals surface area contributed by atoms with Gasteiger partial charge in [0, 0.05) is 26.2 Å². The number of ether oxygens (including phenoxy) is 2. The van der Waals surface area contributed by atoms with E-state index < -0.39 is 5.97 Å². The molecule has 4 rings (SSSR count). The highest BCUT2D eigenvalue weighted by Crippen LogP contribution is 2.31. The molecule has 2 fully saturated rings. The van der Waals surface area contributed by atoms with Gasteiger partial charge in [0.2, 0.25) is 0 Å². The SMILES string of the molecule is CN(CC1CC1)C(=O)OCc1c(-c2ccc(O[C@H]3CCCC(C(=O)O)C3)cc2)cnn1C. The molecule has 0 spiro atoms. The molecule has 1 heterocycles. The van der Waals surface area contributed by atoms with Crippen LogP contribution in [0.5, 0.6) is 5.75 Å². The minimum atomic E-state index is -0.739. The van der Waals surface area contributed by atoms with Crippen LogP contribution in [-0.2, 0) is 23.2 Å². The summed E-state index contributed by atoms with van der Waals surface area (Å²) in [6.45, 7) is 0.892. The highest BCUT2D eigenvalue weighted by molar-refractivity contribution is 5.70. The number of carbonyl (C=O) groups is 2. The first kappa shape index (κ1) is 22.2. The van der Waals surface area contributed by atoms with Crippen LogP contribution < -0.4 is 4.74 Å². The quantitative estimate of drug-likeness (QED) is 0.663. The predicted molar refractivity (Wildman–Crippen MR) is 118 cm³/mol. The molecular weight excluding hydrogens is 410 g/mol. The fraction of sp³-hybridized carbons (Fsp3) is 0.542. The molecule has 1 aromatic carbocycles. The molecule has 0 bridgehead atoms. The normalized spacial score (nSPS) is 20.6. The molecular formula is C24H31N3O5. The molecule has 2 aliphatic carbocycles. The molecule has 2 aliphatic rings. The van der Waals surface area contributed by atoms with Crippen LogP contribution in [0.2, 0.25) is 0 Å². The smallest absolute Gasteiger partial charge is 0.409 e. The molecule has 32 heavy (non-hydrogen) atoms. The maximum absolute atomic E-state index is 12.3. The first-order valence-electron chi connectivity index (χ1n) is 11.3. The summed E-state index contributed by atoms with van der Waals surface area (Å²) in [6.07, 6.45) is 6.76. The number of aromatic nitrogens is 2. The number of hydrogen-bond donors (Lipinski definition) is 1. The molecule has 1 amide bonds. The van der Waals surface area contributed by atoms with E-state index in [1.54, 1.807) is 22.8 Å². The van der Waals surface area contributed by atoms with Gasteiger partial charge in [-0.1, -0.05) is 12.1 Å². The van der Waals surface area contributed by atoms with E-state index in [4.69, 9.17) is 9.47 Å². The maximum atomic E-state index is 12.3. The van der Waals surface area contributed by atoms with Crippen LogP contribution >= 0.6 is 0 Å². The summed E-state index contributed by atoms with van der Waals surface area (Å²) >= 11 is 0. The minimum Gasteiger partial charge on any atom is -0.490 e. The summed E-state index contributed by atoms with van der Waals surface area (Å²) in [6, 6.07) is 7.70. The molecule has 2 atom stereocenters. The van der Waals surface area contributed by atoms with Crippen LogP contribution in [0.3, 0.4) is 0 Å². The Kier molecular flexibility index (Phi) is 6.67. The largest absolute Gasteiger partial charge is 0.490 e. The number of aryl methyl sites for hydroxylation is 1. The molecule has 2 aromatic rings. The molecule has 0 radical (unpaired) electrons. The van der Waals surface area contributed by atoms with E-state index in [1.165, 1.54) is 12.8 Å². The predicted octanol–water partition coefficient (Wildman–Crippen LogP) is 4.09. The second-order valence-corrected chi connectivity index (χ2v) is 8.97. The molecule has 8 heteroatoms. The van der Waals surface area contributed by atoms with Crippen LogP contribution in [0.25, 0.3) is 11.1 Å². The zero-order chi connectivity index (χ0) is 22.7. The number of aliphatic carboxylic acids is 1. The number of hydrogen-bond acceptors (Lipinski definition) is 5. The van der Waals surface area contributed by atoms with Gasteiger partial charge in [-0.25, -0.2) is 4.79 Å². The van der Waals surface area contributed by atoms with Crippen molar-refractivity contribution in [2.45, 2.75) is 51.2 Å². The molecule has 0 aliphatic heterocycles. The maximum Gasteiger partial charge on any atom is 0.409 e. The Hall–Kier alpha value is -3.03. The fourth-order valence-corrected chi connectivity index (χ4v) is 4.26. The van der Waals surface area contributed by atoms with Gasteiger partial charge in [0.05, 0.1) is 23.9 Å². The summed E-state index contributed by atoms with van der Waals surface area (Å²) in [4.78, 5) is 25.2. The van der Waals surface area contributed by atoms with Gasteiger partial charge in [-0.15, -0.1) is 0 Å². The van der Waals surface area contributed by atoms with E-state index in [0.29, 0.717) is 12.3 Å². The van der Waals surface area contributed by atoms with Crippen LogP contribution in [0.15, 0.2) is 30.5 Å². The molecule has 2 saturated carbocycles. The molecule has 8 nitrogen and oxygen atoms in total. The van der Waals surface area contributed by atoms with E-state index in [-0.39, 0.29) is 24.7 Å². The van der Waals surface area contributed by atoms with Crippen LogP contribution in [0.1, 0.15) is 44.2 Å². The van der Waals surface area contributed by atoms with Gasteiger partial charge in [-0.2, -0.15) is 5.10 Å². The highest BCUT2D eigenvalue weighted by atomic mass is 16.6. The third-order valence-corrected chi connectivity index (χ3v) is 6.38. The first-order valence-corrected chi connectivity index (χ1v) is 11.3. The lowest BCUT2D eigenvalue weighted by Crippen LogP contribution is -2.29. The Morgan fingerprint density at radius 2 is 1.94 bits per heavy atom. The first-order chi connectivity index (χ1) is 15.4. The summed E-state index contributed by atoms with van der Waals surface area (Å²) in [5.41, 5.74) is 2.68. The van der Waals surface area contributed by atoms with Gasteiger partial charge >= 0.3 is 12.1 Å². The molecule has 172 valence electrons. The van der Waals surface area contributed by atoms with Gasteiger partial charge in [-0.05, 0) is 62.1 Å². The number of nitrogens with zero attached hydrogens (tertiary/aromatic N) is 3. The second-order valence-electron chi connectivity index (χ2n) is 8.97. The molecule has 0 saturated heterocycles. The zero-order valence-corrected chi connectivity index (χ0v) is 18.7. The number of rotatable bonds is 8. The van der Waals surface area contributed by atoms with Gasteiger partial charge in [0.1, 0.15) is 12.4 Å². The number of carbonyl (C=O) groups excluding carboxylic acids is 1. The Bertz CT molecular complexity index is 951. The van der Waals surface area contributed by atoms with Crippen molar-refractivity contribution < 1.29 is 24.2 Å². The average molecular weight is 442 g/mol. The monoisotopic (exact) mass is 441 g/mol. The Balaban J connectivity index is 1.37. The second kappa shape index (κ2) is 9.63. The summed E-state index contributed by atoms with van der Waals surface area (Å²) in [5.74, 6) is 0.279. The lowest BCUT2D eigenvalue weighted by Gasteiger charge is -2.27. The number of carboxylic acid groups (broad SMARTS) is 1. The average Bonchev–Trinajstić information content (AvgIpc) is 3.53. The molecule has 1 aromatic heterocycles. The van der Waals surface area contributed by atoms with Crippen LogP contribution in [0.4, 0.5) is 4.79 Å².